The Morgan fingerprint density at radius 3 is 2.29 bits per heavy atom. The molecule has 0 saturated heterocycles. The maximum atomic E-state index is 6.11. The van der Waals surface area contributed by atoms with Crippen LogP contribution in [0.3, 0.4) is 0 Å². The molecule has 0 radical (unpaired) electrons. The van der Waals surface area contributed by atoms with Crippen LogP contribution in [0.2, 0.25) is 15.1 Å². The summed E-state index contributed by atoms with van der Waals surface area (Å²) in [6.07, 6.45) is 0. The minimum absolute atomic E-state index is 0.254. The molecule has 0 aliphatic carbocycles. The van der Waals surface area contributed by atoms with E-state index < -0.39 is 0 Å². The van der Waals surface area contributed by atoms with Crippen molar-refractivity contribution in [1.29, 1.82) is 0 Å². The average Bonchev–Trinajstić information content (AvgIpc) is 2.45. The third-order valence-electron chi connectivity index (χ3n) is 3.08. The molecule has 6 heteroatoms. The first-order chi connectivity index (χ1) is 9.92. The Kier molecular flexibility index (Phi) is 5.81. The Labute approximate surface area is 147 Å². The molecule has 1 unspecified atom stereocenters. The lowest BCUT2D eigenvalue weighted by Crippen LogP contribution is -2.12. The molecular formula is C15H13BrCl3NO. The summed E-state index contributed by atoms with van der Waals surface area (Å²) in [5.41, 5.74) is 1.15. The van der Waals surface area contributed by atoms with Crippen molar-refractivity contribution in [1.82, 2.24) is 5.32 Å². The first-order valence-electron chi connectivity index (χ1n) is 6.21. The molecule has 0 fully saturated rings. The van der Waals surface area contributed by atoms with Crippen LogP contribution >= 0.6 is 50.7 Å². The summed E-state index contributed by atoms with van der Waals surface area (Å²) in [5, 5.41) is 4.38. The van der Waals surface area contributed by atoms with Crippen LogP contribution in [0.25, 0.3) is 0 Å². The van der Waals surface area contributed by atoms with E-state index in [4.69, 9.17) is 39.5 Å². The molecule has 2 nitrogen and oxygen atoms in total. The van der Waals surface area contributed by atoms with Gasteiger partial charge in [0.25, 0.3) is 0 Å². The Morgan fingerprint density at radius 2 is 1.67 bits per heavy atom. The van der Waals surface area contributed by atoms with Crippen molar-refractivity contribution in [2.75, 3.05) is 7.05 Å². The SMILES string of the molecule is CNC(C)c1ccc(Oc2cc(Cl)c(Cl)cc2Cl)c(Br)c1. The Morgan fingerprint density at radius 1 is 1.00 bits per heavy atom. The van der Waals surface area contributed by atoms with E-state index in [1.165, 1.54) is 0 Å². The lowest BCUT2D eigenvalue weighted by Gasteiger charge is -2.14. The average molecular weight is 410 g/mol. The van der Waals surface area contributed by atoms with Crippen molar-refractivity contribution in [3.8, 4) is 11.5 Å². The van der Waals surface area contributed by atoms with E-state index in [1.807, 2.05) is 25.2 Å². The number of hydrogen-bond donors (Lipinski definition) is 1. The first kappa shape index (κ1) is 16.9. The van der Waals surface area contributed by atoms with Crippen LogP contribution in [0, 0.1) is 0 Å². The molecule has 0 saturated carbocycles. The van der Waals surface area contributed by atoms with Gasteiger partial charge in [-0.2, -0.15) is 0 Å². The van der Waals surface area contributed by atoms with E-state index in [0.717, 1.165) is 10.0 Å². The quantitative estimate of drug-likeness (QED) is 0.583. The van der Waals surface area contributed by atoms with E-state index in [1.54, 1.807) is 12.1 Å². The summed E-state index contributed by atoms with van der Waals surface area (Å²) in [4.78, 5) is 0. The van der Waals surface area contributed by atoms with Crippen molar-refractivity contribution in [2.24, 2.45) is 0 Å². The topological polar surface area (TPSA) is 21.3 Å². The van der Waals surface area contributed by atoms with Gasteiger partial charge in [0.05, 0.1) is 19.5 Å². The second-order valence-corrected chi connectivity index (χ2v) is 6.57. The number of nitrogens with one attached hydrogen (secondary N) is 1. The zero-order valence-electron chi connectivity index (χ0n) is 11.4. The molecule has 0 bridgehead atoms. The third kappa shape index (κ3) is 4.05. The zero-order chi connectivity index (χ0) is 15.6. The van der Waals surface area contributed by atoms with Crippen LogP contribution in [0.4, 0.5) is 0 Å². The zero-order valence-corrected chi connectivity index (χ0v) is 15.2. The van der Waals surface area contributed by atoms with Crippen LogP contribution in [0.15, 0.2) is 34.8 Å². The van der Waals surface area contributed by atoms with Crippen molar-refractivity contribution in [3.05, 3.63) is 55.4 Å². The fraction of sp³-hybridized carbons (Fsp3) is 0.200. The van der Waals surface area contributed by atoms with Gasteiger partial charge in [0.15, 0.2) is 0 Å². The number of benzene rings is 2. The van der Waals surface area contributed by atoms with E-state index in [-0.39, 0.29) is 6.04 Å². The number of ether oxygens (including phenoxy) is 1. The van der Waals surface area contributed by atoms with Gasteiger partial charge in [-0.25, -0.2) is 0 Å². The number of rotatable bonds is 4. The van der Waals surface area contributed by atoms with Crippen LogP contribution in [-0.4, -0.2) is 7.05 Å². The monoisotopic (exact) mass is 407 g/mol. The lowest BCUT2D eigenvalue weighted by molar-refractivity contribution is 0.479. The molecule has 0 heterocycles. The molecule has 0 amide bonds. The van der Waals surface area contributed by atoms with Crippen molar-refractivity contribution < 1.29 is 4.74 Å². The van der Waals surface area contributed by atoms with E-state index in [9.17, 15) is 0 Å². The van der Waals surface area contributed by atoms with Crippen LogP contribution < -0.4 is 10.1 Å². The summed E-state index contributed by atoms with van der Waals surface area (Å²) in [7, 11) is 1.92. The first-order valence-corrected chi connectivity index (χ1v) is 8.14. The minimum Gasteiger partial charge on any atom is -0.455 e. The Hall–Kier alpha value is -0.450. The second-order valence-electron chi connectivity index (χ2n) is 4.50. The summed E-state index contributed by atoms with van der Waals surface area (Å²) in [6.45, 7) is 2.08. The van der Waals surface area contributed by atoms with Crippen LogP contribution in [0.5, 0.6) is 11.5 Å². The molecule has 0 spiro atoms. The summed E-state index contributed by atoms with van der Waals surface area (Å²) in [6, 6.07) is 9.29. The van der Waals surface area contributed by atoms with E-state index in [0.29, 0.717) is 26.6 Å². The van der Waals surface area contributed by atoms with Gasteiger partial charge < -0.3 is 10.1 Å². The molecule has 21 heavy (non-hydrogen) atoms. The fourth-order valence-electron chi connectivity index (χ4n) is 1.74. The summed E-state index contributed by atoms with van der Waals surface area (Å²) < 4.78 is 6.64. The van der Waals surface area contributed by atoms with Gasteiger partial charge in [0.2, 0.25) is 0 Å². The molecular weight excluding hydrogens is 396 g/mol. The van der Waals surface area contributed by atoms with Gasteiger partial charge in [0, 0.05) is 12.1 Å². The number of halogens is 4. The van der Waals surface area contributed by atoms with Gasteiger partial charge in [-0.15, -0.1) is 0 Å². The highest BCUT2D eigenvalue weighted by molar-refractivity contribution is 9.10. The molecule has 1 atom stereocenters. The van der Waals surface area contributed by atoms with Crippen LogP contribution in [-0.2, 0) is 0 Å². The van der Waals surface area contributed by atoms with Crippen molar-refractivity contribution in [3.63, 3.8) is 0 Å². The smallest absolute Gasteiger partial charge is 0.147 e. The predicted molar refractivity (Wildman–Crippen MR) is 93.2 cm³/mol. The highest BCUT2D eigenvalue weighted by Gasteiger charge is 2.11. The standard InChI is InChI=1S/C15H13BrCl3NO/c1-8(20-2)9-3-4-14(10(16)5-9)21-15-7-12(18)11(17)6-13(15)19/h3-8,20H,1-2H3. The molecule has 112 valence electrons. The van der Waals surface area contributed by atoms with Gasteiger partial charge >= 0.3 is 0 Å². The Bertz CT molecular complexity index is 664. The van der Waals surface area contributed by atoms with Crippen molar-refractivity contribution in [2.45, 2.75) is 13.0 Å². The molecule has 0 aliphatic heterocycles. The maximum absolute atomic E-state index is 6.11. The normalized spacial score (nSPS) is 12.3. The van der Waals surface area contributed by atoms with E-state index >= 15 is 0 Å². The van der Waals surface area contributed by atoms with E-state index in [2.05, 4.69) is 28.2 Å². The second kappa shape index (κ2) is 7.21. The molecule has 1 N–H and O–H groups in total. The molecule has 0 aliphatic rings. The maximum Gasteiger partial charge on any atom is 0.147 e. The van der Waals surface area contributed by atoms with Gasteiger partial charge in [-0.1, -0.05) is 40.9 Å². The highest BCUT2D eigenvalue weighted by atomic mass is 79.9. The minimum atomic E-state index is 0.254. The predicted octanol–water partition coefficient (Wildman–Crippen LogP) is 6.48. The lowest BCUT2D eigenvalue weighted by atomic mass is 10.1. The molecule has 2 aromatic rings. The van der Waals surface area contributed by atoms with Gasteiger partial charge in [0.1, 0.15) is 11.5 Å². The summed E-state index contributed by atoms with van der Waals surface area (Å²) in [5.74, 6) is 1.11. The largest absolute Gasteiger partial charge is 0.455 e. The highest BCUT2D eigenvalue weighted by Crippen LogP contribution is 2.38. The van der Waals surface area contributed by atoms with Crippen molar-refractivity contribution >= 4 is 50.7 Å². The molecule has 0 aromatic heterocycles. The molecule has 2 aromatic carbocycles. The fourth-order valence-corrected chi connectivity index (χ4v) is 2.79. The molecule has 2 rings (SSSR count). The number of hydrogen-bond acceptors (Lipinski definition) is 2. The van der Waals surface area contributed by atoms with Crippen LogP contribution in [0.1, 0.15) is 18.5 Å². The van der Waals surface area contributed by atoms with Gasteiger partial charge in [-0.05, 0) is 53.7 Å². The van der Waals surface area contributed by atoms with Gasteiger partial charge in [-0.3, -0.25) is 0 Å². The summed E-state index contributed by atoms with van der Waals surface area (Å²) >= 11 is 21.5. The third-order valence-corrected chi connectivity index (χ3v) is 4.72. The Balaban J connectivity index is 2.30.